The van der Waals surface area contributed by atoms with Crippen LogP contribution in [0.1, 0.15) is 25.3 Å². The molecule has 3 heterocycles. The van der Waals surface area contributed by atoms with Gasteiger partial charge >= 0.3 is 5.69 Å². The molecular formula is C21H22N4O5S. The molecule has 0 fully saturated rings. The van der Waals surface area contributed by atoms with Gasteiger partial charge in [0.2, 0.25) is 12.7 Å². The highest BCUT2D eigenvalue weighted by atomic mass is 32.2. The second-order valence-electron chi connectivity index (χ2n) is 7.51. The summed E-state index contributed by atoms with van der Waals surface area (Å²) in [6.07, 6.45) is 1.67. The number of nitrogens with zero attached hydrogens (tertiary/aromatic N) is 3. The third-order valence-corrected chi connectivity index (χ3v) is 6.21. The number of hydrogen-bond donors (Lipinski definition) is 1. The van der Waals surface area contributed by atoms with Gasteiger partial charge in [-0.25, -0.2) is 9.78 Å². The summed E-state index contributed by atoms with van der Waals surface area (Å²) in [6.45, 7) is 4.14. The molecule has 10 heteroatoms. The van der Waals surface area contributed by atoms with Gasteiger partial charge in [-0.05, 0) is 23.6 Å². The summed E-state index contributed by atoms with van der Waals surface area (Å²) in [4.78, 5) is 42.8. The van der Waals surface area contributed by atoms with E-state index in [9.17, 15) is 14.4 Å². The molecule has 0 bridgehead atoms. The zero-order valence-electron chi connectivity index (χ0n) is 17.6. The molecule has 1 aromatic carbocycles. The lowest BCUT2D eigenvalue weighted by Crippen LogP contribution is -2.37. The number of anilines is 1. The van der Waals surface area contributed by atoms with Crippen LogP contribution in [0.5, 0.6) is 11.5 Å². The number of nitrogens with one attached hydrogen (secondary N) is 1. The van der Waals surface area contributed by atoms with E-state index in [1.807, 2.05) is 13.8 Å². The monoisotopic (exact) mass is 442 g/mol. The number of ether oxygens (including phenoxy) is 2. The summed E-state index contributed by atoms with van der Waals surface area (Å²) in [5, 5.41) is 3.18. The summed E-state index contributed by atoms with van der Waals surface area (Å²) < 4.78 is 13.0. The Balaban J connectivity index is 1.65. The van der Waals surface area contributed by atoms with Crippen LogP contribution in [0.3, 0.4) is 0 Å². The Hall–Kier alpha value is -3.27. The van der Waals surface area contributed by atoms with E-state index in [-0.39, 0.29) is 24.4 Å². The fourth-order valence-corrected chi connectivity index (χ4v) is 4.52. The van der Waals surface area contributed by atoms with Gasteiger partial charge in [0, 0.05) is 36.9 Å². The number of carbonyl (C=O) groups is 1. The first-order valence-electron chi connectivity index (χ1n) is 9.69. The molecule has 9 nitrogen and oxygen atoms in total. The second kappa shape index (κ2) is 8.10. The van der Waals surface area contributed by atoms with Crippen LogP contribution < -0.4 is 26.0 Å². The van der Waals surface area contributed by atoms with Gasteiger partial charge in [-0.2, -0.15) is 0 Å². The van der Waals surface area contributed by atoms with Crippen LogP contribution in [-0.4, -0.2) is 32.6 Å². The third kappa shape index (κ3) is 3.78. The van der Waals surface area contributed by atoms with Gasteiger partial charge in [0.05, 0.1) is 11.1 Å². The van der Waals surface area contributed by atoms with Crippen LogP contribution in [0, 0.1) is 0 Å². The highest BCUT2D eigenvalue weighted by molar-refractivity contribution is 8.00. The van der Waals surface area contributed by atoms with Gasteiger partial charge in [0.1, 0.15) is 5.65 Å². The molecule has 4 rings (SSSR count). The number of amides is 1. The van der Waals surface area contributed by atoms with Crippen LogP contribution in [0.25, 0.3) is 11.0 Å². The maximum Gasteiger partial charge on any atom is 0.332 e. The third-order valence-electron chi connectivity index (χ3n) is 5.07. The van der Waals surface area contributed by atoms with E-state index >= 15 is 0 Å². The average molecular weight is 442 g/mol. The number of rotatable bonds is 5. The molecule has 1 aliphatic rings. The molecule has 0 saturated carbocycles. The Labute approximate surface area is 182 Å². The van der Waals surface area contributed by atoms with Crippen LogP contribution in [0.4, 0.5) is 5.69 Å². The Morgan fingerprint density at radius 1 is 1.19 bits per heavy atom. The Morgan fingerprint density at radius 2 is 1.94 bits per heavy atom. The van der Waals surface area contributed by atoms with E-state index in [0.717, 1.165) is 10.1 Å². The first-order valence-corrected chi connectivity index (χ1v) is 10.7. The first-order chi connectivity index (χ1) is 14.8. The summed E-state index contributed by atoms with van der Waals surface area (Å²) in [7, 11) is 3.01. The molecule has 3 aromatic rings. The molecule has 0 radical (unpaired) electrons. The highest BCUT2D eigenvalue weighted by Crippen LogP contribution is 2.35. The Morgan fingerprint density at radius 3 is 2.68 bits per heavy atom. The van der Waals surface area contributed by atoms with Crippen molar-refractivity contribution in [2.24, 2.45) is 14.1 Å². The molecule has 162 valence electrons. The normalized spacial score (nSPS) is 12.5. The van der Waals surface area contributed by atoms with Crippen molar-refractivity contribution in [2.75, 3.05) is 17.9 Å². The van der Waals surface area contributed by atoms with Crippen LogP contribution >= 0.6 is 11.8 Å². The van der Waals surface area contributed by atoms with E-state index in [2.05, 4.69) is 10.3 Å². The van der Waals surface area contributed by atoms with Crippen molar-refractivity contribution in [3.63, 3.8) is 0 Å². The standard InChI is InChI=1S/C21H22N4O5S/c1-11(2)13-8-22-19-17(20(27)25(4)21(28)24(19)3)18(13)31-9-16(26)23-12-5-6-14-15(7-12)30-10-29-14/h5-8,11H,9-10H2,1-4H3,(H,23,26). The zero-order chi connectivity index (χ0) is 22.3. The molecule has 1 amide bonds. The lowest BCUT2D eigenvalue weighted by molar-refractivity contribution is -0.113. The summed E-state index contributed by atoms with van der Waals surface area (Å²) in [5.74, 6) is 1.15. The largest absolute Gasteiger partial charge is 0.454 e. The van der Waals surface area contributed by atoms with Crippen molar-refractivity contribution < 1.29 is 14.3 Å². The predicted octanol–water partition coefficient (Wildman–Crippen LogP) is 2.22. The van der Waals surface area contributed by atoms with E-state index in [1.54, 1.807) is 31.4 Å². The van der Waals surface area contributed by atoms with E-state index in [4.69, 9.17) is 9.47 Å². The van der Waals surface area contributed by atoms with Crippen molar-refractivity contribution >= 4 is 34.4 Å². The van der Waals surface area contributed by atoms with E-state index in [0.29, 0.717) is 33.1 Å². The van der Waals surface area contributed by atoms with Crippen molar-refractivity contribution in [2.45, 2.75) is 24.7 Å². The predicted molar refractivity (Wildman–Crippen MR) is 118 cm³/mol. The molecule has 0 unspecified atom stereocenters. The summed E-state index contributed by atoms with van der Waals surface area (Å²) >= 11 is 1.26. The smallest absolute Gasteiger partial charge is 0.332 e. The SMILES string of the molecule is CC(C)c1cnc2c(c1SCC(=O)Nc1ccc3c(c1)OCO3)c(=O)n(C)c(=O)n2C. The maximum absolute atomic E-state index is 12.9. The Bertz CT molecular complexity index is 1310. The van der Waals surface area contributed by atoms with Gasteiger partial charge in [0.15, 0.2) is 11.5 Å². The number of carbonyl (C=O) groups excluding carboxylic acids is 1. The minimum atomic E-state index is -0.446. The van der Waals surface area contributed by atoms with Crippen molar-refractivity contribution in [1.82, 2.24) is 14.1 Å². The number of aromatic nitrogens is 3. The molecule has 1 N–H and O–H groups in total. The first kappa shape index (κ1) is 21.0. The molecule has 1 aliphatic heterocycles. The fraction of sp³-hybridized carbons (Fsp3) is 0.333. The molecule has 0 saturated heterocycles. The summed E-state index contributed by atoms with van der Waals surface area (Å²) in [5.41, 5.74) is 0.878. The van der Waals surface area contributed by atoms with E-state index in [1.165, 1.54) is 23.4 Å². The number of benzene rings is 1. The van der Waals surface area contributed by atoms with Crippen molar-refractivity contribution in [3.05, 3.63) is 50.8 Å². The van der Waals surface area contributed by atoms with Gasteiger partial charge < -0.3 is 14.8 Å². The van der Waals surface area contributed by atoms with Crippen molar-refractivity contribution in [1.29, 1.82) is 0 Å². The van der Waals surface area contributed by atoms with Crippen LogP contribution in [-0.2, 0) is 18.9 Å². The number of thioether (sulfide) groups is 1. The minimum absolute atomic E-state index is 0.0817. The molecule has 31 heavy (non-hydrogen) atoms. The van der Waals surface area contributed by atoms with E-state index < -0.39 is 11.2 Å². The fourth-order valence-electron chi connectivity index (χ4n) is 3.39. The zero-order valence-corrected chi connectivity index (χ0v) is 18.4. The van der Waals surface area contributed by atoms with Gasteiger partial charge in [0.25, 0.3) is 5.56 Å². The lowest BCUT2D eigenvalue weighted by Gasteiger charge is -2.16. The van der Waals surface area contributed by atoms with Gasteiger partial charge in [-0.1, -0.05) is 13.8 Å². The number of fused-ring (bicyclic) bond motifs is 2. The molecule has 0 atom stereocenters. The topological polar surface area (TPSA) is 104 Å². The number of pyridine rings is 1. The van der Waals surface area contributed by atoms with Gasteiger partial charge in [-0.15, -0.1) is 11.8 Å². The number of hydrogen-bond acceptors (Lipinski definition) is 7. The highest BCUT2D eigenvalue weighted by Gasteiger charge is 2.20. The average Bonchev–Trinajstić information content (AvgIpc) is 3.21. The minimum Gasteiger partial charge on any atom is -0.454 e. The van der Waals surface area contributed by atoms with Gasteiger partial charge in [-0.3, -0.25) is 18.7 Å². The molecule has 2 aromatic heterocycles. The molecule has 0 spiro atoms. The number of aryl methyl sites for hydroxylation is 1. The van der Waals surface area contributed by atoms with Crippen LogP contribution in [0.15, 0.2) is 38.9 Å². The quantitative estimate of drug-likeness (QED) is 0.604. The lowest BCUT2D eigenvalue weighted by atomic mass is 10.0. The second-order valence-corrected chi connectivity index (χ2v) is 8.49. The maximum atomic E-state index is 12.9. The Kier molecular flexibility index (Phi) is 5.48. The van der Waals surface area contributed by atoms with Crippen LogP contribution in [0.2, 0.25) is 0 Å². The molecule has 0 aliphatic carbocycles. The van der Waals surface area contributed by atoms with Crippen molar-refractivity contribution in [3.8, 4) is 11.5 Å². The summed E-state index contributed by atoms with van der Waals surface area (Å²) in [6, 6.07) is 5.18. The molecular weight excluding hydrogens is 420 g/mol.